The first kappa shape index (κ1) is 22.3. The summed E-state index contributed by atoms with van der Waals surface area (Å²) < 4.78 is 5.64. The van der Waals surface area contributed by atoms with Crippen molar-refractivity contribution in [3.8, 4) is 0 Å². The van der Waals surface area contributed by atoms with Gasteiger partial charge in [-0.1, -0.05) is 24.3 Å². The van der Waals surface area contributed by atoms with Gasteiger partial charge in [0.15, 0.2) is 5.96 Å². The Morgan fingerprint density at radius 1 is 1.21 bits per heavy atom. The van der Waals surface area contributed by atoms with E-state index in [0.29, 0.717) is 18.4 Å². The van der Waals surface area contributed by atoms with Crippen LogP contribution in [-0.4, -0.2) is 61.1 Å². The normalized spacial score (nSPS) is 23.4. The van der Waals surface area contributed by atoms with Gasteiger partial charge in [0.05, 0.1) is 6.61 Å². The number of hydrogen-bond donors (Lipinski definition) is 1. The van der Waals surface area contributed by atoms with E-state index in [9.17, 15) is 4.79 Å². The molecule has 1 atom stereocenters. The first-order chi connectivity index (χ1) is 13.7. The molecule has 160 valence electrons. The highest BCUT2D eigenvalue weighted by Gasteiger charge is 2.42. The van der Waals surface area contributed by atoms with Crippen LogP contribution in [0.1, 0.15) is 43.7 Å². The number of fused-ring (bicyclic) bond motifs is 1. The first-order valence-corrected chi connectivity index (χ1v) is 10.6. The Labute approximate surface area is 191 Å². The molecular weight excluding hydrogens is 479 g/mol. The Morgan fingerprint density at radius 3 is 2.62 bits per heavy atom. The quantitative estimate of drug-likeness (QED) is 0.285. The fraction of sp³-hybridized carbons (Fsp3) is 0.636. The number of amides is 1. The molecule has 1 unspecified atom stereocenters. The Kier molecular flexibility index (Phi) is 7.79. The molecular formula is C22H33IN4O2. The molecule has 0 aromatic heterocycles. The lowest BCUT2D eigenvalue weighted by molar-refractivity contribution is -0.131. The van der Waals surface area contributed by atoms with Gasteiger partial charge in [0.1, 0.15) is 0 Å². The number of carbonyl (C=O) groups is 1. The average molecular weight is 512 g/mol. The van der Waals surface area contributed by atoms with Crippen LogP contribution in [0.2, 0.25) is 0 Å². The molecule has 6 nitrogen and oxygen atoms in total. The summed E-state index contributed by atoms with van der Waals surface area (Å²) >= 11 is 0. The maximum Gasteiger partial charge on any atom is 0.223 e. The molecule has 2 fully saturated rings. The highest BCUT2D eigenvalue weighted by molar-refractivity contribution is 14.0. The zero-order valence-corrected chi connectivity index (χ0v) is 19.7. The average Bonchev–Trinajstić information content (AvgIpc) is 3.44. The molecule has 1 spiro atoms. The summed E-state index contributed by atoms with van der Waals surface area (Å²) in [7, 11) is 0. The SMILES string of the molecule is CCNC(=NCCCC(=O)N1Cc2ccccc2C1)N1CCC2(CCOC2)C1.I. The van der Waals surface area contributed by atoms with Crippen LogP contribution in [-0.2, 0) is 22.6 Å². The van der Waals surface area contributed by atoms with Crippen LogP contribution in [0.3, 0.4) is 0 Å². The number of nitrogens with one attached hydrogen (secondary N) is 1. The monoisotopic (exact) mass is 512 g/mol. The lowest BCUT2D eigenvalue weighted by atomic mass is 9.87. The molecule has 0 saturated carbocycles. The second-order valence-corrected chi connectivity index (χ2v) is 8.33. The van der Waals surface area contributed by atoms with Crippen LogP contribution in [0.5, 0.6) is 0 Å². The van der Waals surface area contributed by atoms with Gasteiger partial charge >= 0.3 is 0 Å². The van der Waals surface area contributed by atoms with E-state index >= 15 is 0 Å². The number of guanidine groups is 1. The summed E-state index contributed by atoms with van der Waals surface area (Å²) in [5.41, 5.74) is 2.89. The number of benzene rings is 1. The Bertz CT molecular complexity index is 708. The van der Waals surface area contributed by atoms with Gasteiger partial charge < -0.3 is 19.9 Å². The molecule has 0 radical (unpaired) electrons. The van der Waals surface area contributed by atoms with Crippen LogP contribution in [0, 0.1) is 5.41 Å². The number of likely N-dealkylation sites (tertiary alicyclic amines) is 1. The molecule has 3 aliphatic rings. The van der Waals surface area contributed by atoms with Crippen molar-refractivity contribution in [2.24, 2.45) is 10.4 Å². The van der Waals surface area contributed by atoms with E-state index in [-0.39, 0.29) is 29.9 Å². The van der Waals surface area contributed by atoms with Crippen molar-refractivity contribution < 1.29 is 9.53 Å². The third-order valence-electron chi connectivity index (χ3n) is 6.26. The Morgan fingerprint density at radius 2 is 1.97 bits per heavy atom. The van der Waals surface area contributed by atoms with Crippen molar-refractivity contribution in [1.82, 2.24) is 15.1 Å². The van der Waals surface area contributed by atoms with Gasteiger partial charge in [0.25, 0.3) is 0 Å². The van der Waals surface area contributed by atoms with E-state index < -0.39 is 0 Å². The van der Waals surface area contributed by atoms with Crippen molar-refractivity contribution in [3.05, 3.63) is 35.4 Å². The van der Waals surface area contributed by atoms with Crippen LogP contribution in [0.15, 0.2) is 29.3 Å². The van der Waals surface area contributed by atoms with Crippen molar-refractivity contribution in [1.29, 1.82) is 0 Å². The fourth-order valence-electron chi connectivity index (χ4n) is 4.60. The van der Waals surface area contributed by atoms with E-state index in [0.717, 1.165) is 64.7 Å². The fourth-order valence-corrected chi connectivity index (χ4v) is 4.60. The minimum Gasteiger partial charge on any atom is -0.381 e. The molecule has 1 aromatic carbocycles. The predicted molar refractivity (Wildman–Crippen MR) is 125 cm³/mol. The van der Waals surface area contributed by atoms with Crippen LogP contribution >= 0.6 is 24.0 Å². The number of hydrogen-bond acceptors (Lipinski definition) is 3. The zero-order chi connectivity index (χ0) is 19.4. The maximum atomic E-state index is 12.5. The van der Waals surface area contributed by atoms with E-state index in [4.69, 9.17) is 9.73 Å². The van der Waals surface area contributed by atoms with Crippen molar-refractivity contribution in [3.63, 3.8) is 0 Å². The van der Waals surface area contributed by atoms with Crippen LogP contribution in [0.4, 0.5) is 0 Å². The molecule has 1 amide bonds. The van der Waals surface area contributed by atoms with Gasteiger partial charge in [0, 0.05) is 57.7 Å². The molecule has 0 bridgehead atoms. The molecule has 29 heavy (non-hydrogen) atoms. The largest absolute Gasteiger partial charge is 0.381 e. The van der Waals surface area contributed by atoms with Crippen molar-refractivity contribution in [2.75, 3.05) is 39.4 Å². The number of halogens is 1. The summed E-state index contributed by atoms with van der Waals surface area (Å²) in [6.07, 6.45) is 3.71. The van der Waals surface area contributed by atoms with E-state index in [1.807, 2.05) is 17.0 Å². The second kappa shape index (κ2) is 10.1. The maximum absolute atomic E-state index is 12.5. The Hall–Kier alpha value is -1.35. The van der Waals surface area contributed by atoms with Gasteiger partial charge in [-0.15, -0.1) is 24.0 Å². The van der Waals surface area contributed by atoms with Crippen LogP contribution in [0.25, 0.3) is 0 Å². The zero-order valence-electron chi connectivity index (χ0n) is 17.4. The standard InChI is InChI=1S/C22H32N4O2.HI/c1-2-23-21(25-12-9-22(16-25)10-13-28-17-22)24-11-5-8-20(27)26-14-18-6-3-4-7-19(18)15-26;/h3-4,6-7H,2,5,8-17H2,1H3,(H,23,24);1H. The molecule has 0 aliphatic carbocycles. The topological polar surface area (TPSA) is 57.2 Å². The minimum absolute atomic E-state index is 0. The Balaban J connectivity index is 0.00000240. The molecule has 3 heterocycles. The predicted octanol–water partition coefficient (Wildman–Crippen LogP) is 3.00. The summed E-state index contributed by atoms with van der Waals surface area (Å²) in [5.74, 6) is 1.23. The third kappa shape index (κ3) is 5.23. The lowest BCUT2D eigenvalue weighted by Gasteiger charge is -2.25. The lowest BCUT2D eigenvalue weighted by Crippen LogP contribution is -2.41. The van der Waals surface area contributed by atoms with E-state index in [1.165, 1.54) is 17.5 Å². The molecule has 1 aromatic rings. The highest BCUT2D eigenvalue weighted by atomic mass is 127. The summed E-state index contributed by atoms with van der Waals surface area (Å²) in [5, 5.41) is 3.43. The van der Waals surface area contributed by atoms with E-state index in [2.05, 4.69) is 29.3 Å². The summed E-state index contributed by atoms with van der Waals surface area (Å²) in [6, 6.07) is 8.33. The molecule has 3 aliphatic heterocycles. The highest BCUT2D eigenvalue weighted by Crippen LogP contribution is 2.38. The van der Waals surface area contributed by atoms with Gasteiger partial charge in [0.2, 0.25) is 5.91 Å². The van der Waals surface area contributed by atoms with Gasteiger partial charge in [-0.25, -0.2) is 0 Å². The second-order valence-electron chi connectivity index (χ2n) is 8.33. The van der Waals surface area contributed by atoms with Crippen LogP contribution < -0.4 is 5.32 Å². The molecule has 7 heteroatoms. The van der Waals surface area contributed by atoms with E-state index in [1.54, 1.807) is 0 Å². The van der Waals surface area contributed by atoms with Crippen molar-refractivity contribution >= 4 is 35.8 Å². The molecule has 1 N–H and O–H groups in total. The number of nitrogens with zero attached hydrogens (tertiary/aromatic N) is 3. The first-order valence-electron chi connectivity index (χ1n) is 10.6. The number of carbonyl (C=O) groups excluding carboxylic acids is 1. The summed E-state index contributed by atoms with van der Waals surface area (Å²) in [4.78, 5) is 21.7. The van der Waals surface area contributed by atoms with Crippen molar-refractivity contribution in [2.45, 2.75) is 45.7 Å². The molecule has 2 saturated heterocycles. The van der Waals surface area contributed by atoms with Gasteiger partial charge in [-0.05, 0) is 37.3 Å². The van der Waals surface area contributed by atoms with Gasteiger partial charge in [-0.2, -0.15) is 0 Å². The summed E-state index contributed by atoms with van der Waals surface area (Å²) in [6.45, 7) is 9.01. The van der Waals surface area contributed by atoms with Gasteiger partial charge in [-0.3, -0.25) is 9.79 Å². The number of rotatable bonds is 5. The number of ether oxygens (including phenoxy) is 1. The smallest absolute Gasteiger partial charge is 0.223 e. The minimum atomic E-state index is 0. The number of aliphatic imine (C=N–C) groups is 1. The molecule has 4 rings (SSSR count). The third-order valence-corrected chi connectivity index (χ3v) is 6.26.